The van der Waals surface area contributed by atoms with Gasteiger partial charge in [0, 0.05) is 10.5 Å². The van der Waals surface area contributed by atoms with E-state index in [1.54, 1.807) is 0 Å². The van der Waals surface area contributed by atoms with Crippen molar-refractivity contribution in [1.82, 2.24) is 5.32 Å². The summed E-state index contributed by atoms with van der Waals surface area (Å²) in [6.07, 6.45) is 1.87. The maximum Gasteiger partial charge on any atom is 0.249 e. The Morgan fingerprint density at radius 2 is 2.20 bits per heavy atom. The van der Waals surface area contributed by atoms with Crippen molar-refractivity contribution in [2.45, 2.75) is 51.9 Å². The Hall–Kier alpha value is 0.160. The first-order chi connectivity index (χ1) is 7.04. The van der Waals surface area contributed by atoms with Gasteiger partial charge < -0.3 is 10.1 Å². The number of rotatable bonds is 4. The molecule has 1 rings (SSSR count). The molecule has 0 radical (unpaired) electrons. The summed E-state index contributed by atoms with van der Waals surface area (Å²) >= 11 is 2.31. The van der Waals surface area contributed by atoms with Gasteiger partial charge in [0.2, 0.25) is 5.91 Å². The lowest BCUT2D eigenvalue weighted by atomic mass is 10.1. The number of alkyl halides is 1. The number of ether oxygens (including phenoxy) is 1. The van der Waals surface area contributed by atoms with Crippen molar-refractivity contribution in [2.24, 2.45) is 5.92 Å². The summed E-state index contributed by atoms with van der Waals surface area (Å²) in [6.45, 7) is 6.27. The smallest absolute Gasteiger partial charge is 0.249 e. The fourth-order valence-corrected chi connectivity index (χ4v) is 2.89. The molecule has 1 saturated heterocycles. The average Bonchev–Trinajstić information content (AvgIpc) is 2.60. The van der Waals surface area contributed by atoms with Crippen LogP contribution < -0.4 is 5.32 Å². The molecule has 0 aromatic rings. The molecular weight excluding hydrogens is 305 g/mol. The molecule has 0 aliphatic carbocycles. The minimum atomic E-state index is -0.218. The van der Waals surface area contributed by atoms with Crippen LogP contribution in [0.2, 0.25) is 0 Å². The SMILES string of the molecule is CC1CCC(C(=O)NC(CI)C(C)C)O1. The zero-order valence-electron chi connectivity index (χ0n) is 9.63. The minimum absolute atomic E-state index is 0.0646. The Bertz CT molecular complexity index is 221. The molecule has 3 atom stereocenters. The molecule has 1 fully saturated rings. The number of nitrogens with one attached hydrogen (secondary N) is 1. The van der Waals surface area contributed by atoms with E-state index in [4.69, 9.17) is 4.74 Å². The Morgan fingerprint density at radius 1 is 1.53 bits per heavy atom. The summed E-state index contributed by atoms with van der Waals surface area (Å²) < 4.78 is 6.48. The van der Waals surface area contributed by atoms with Crippen LogP contribution in [-0.2, 0) is 9.53 Å². The monoisotopic (exact) mass is 325 g/mol. The molecule has 3 unspecified atom stereocenters. The van der Waals surface area contributed by atoms with E-state index in [0.29, 0.717) is 5.92 Å². The van der Waals surface area contributed by atoms with Crippen molar-refractivity contribution in [2.75, 3.05) is 4.43 Å². The van der Waals surface area contributed by atoms with Crippen molar-refractivity contribution >= 4 is 28.5 Å². The van der Waals surface area contributed by atoms with Crippen LogP contribution in [0.3, 0.4) is 0 Å². The van der Waals surface area contributed by atoms with E-state index in [2.05, 4.69) is 41.8 Å². The van der Waals surface area contributed by atoms with Gasteiger partial charge in [0.05, 0.1) is 6.10 Å². The highest BCUT2D eigenvalue weighted by Gasteiger charge is 2.29. The van der Waals surface area contributed by atoms with Gasteiger partial charge in [-0.2, -0.15) is 0 Å². The van der Waals surface area contributed by atoms with Crippen molar-refractivity contribution in [1.29, 1.82) is 0 Å². The van der Waals surface area contributed by atoms with Crippen LogP contribution in [0.1, 0.15) is 33.6 Å². The highest BCUT2D eigenvalue weighted by Crippen LogP contribution is 2.19. The summed E-state index contributed by atoms with van der Waals surface area (Å²) in [5, 5.41) is 3.06. The van der Waals surface area contributed by atoms with Crippen molar-refractivity contribution < 1.29 is 9.53 Å². The molecule has 3 nitrogen and oxygen atoms in total. The molecule has 0 aromatic carbocycles. The second-order valence-electron chi connectivity index (χ2n) is 4.53. The van der Waals surface area contributed by atoms with Gasteiger partial charge in [0.1, 0.15) is 6.10 Å². The topological polar surface area (TPSA) is 38.3 Å². The van der Waals surface area contributed by atoms with Crippen LogP contribution in [0.15, 0.2) is 0 Å². The van der Waals surface area contributed by atoms with E-state index < -0.39 is 0 Å². The highest BCUT2D eigenvalue weighted by molar-refractivity contribution is 14.1. The Kier molecular flexibility index (Phi) is 5.32. The molecule has 1 heterocycles. The number of halogens is 1. The number of carbonyl (C=O) groups is 1. The van der Waals surface area contributed by atoms with Crippen LogP contribution in [0, 0.1) is 5.92 Å². The third-order valence-electron chi connectivity index (χ3n) is 2.82. The van der Waals surface area contributed by atoms with Crippen LogP contribution in [0.4, 0.5) is 0 Å². The molecule has 1 amide bonds. The van der Waals surface area contributed by atoms with Gasteiger partial charge in [-0.25, -0.2) is 0 Å². The van der Waals surface area contributed by atoms with Gasteiger partial charge in [0.25, 0.3) is 0 Å². The third-order valence-corrected chi connectivity index (χ3v) is 3.77. The van der Waals surface area contributed by atoms with Gasteiger partial charge in [-0.05, 0) is 25.7 Å². The molecule has 0 bridgehead atoms. The van der Waals surface area contributed by atoms with Gasteiger partial charge in [-0.1, -0.05) is 36.4 Å². The van der Waals surface area contributed by atoms with Crippen molar-refractivity contribution in [3.05, 3.63) is 0 Å². The van der Waals surface area contributed by atoms with Gasteiger partial charge in [-0.3, -0.25) is 4.79 Å². The predicted molar refractivity (Wildman–Crippen MR) is 69.2 cm³/mol. The second-order valence-corrected chi connectivity index (χ2v) is 5.41. The van der Waals surface area contributed by atoms with Gasteiger partial charge in [-0.15, -0.1) is 0 Å². The minimum Gasteiger partial charge on any atom is -0.365 e. The summed E-state index contributed by atoms with van der Waals surface area (Å²) in [7, 11) is 0. The first kappa shape index (κ1) is 13.2. The van der Waals surface area contributed by atoms with Crippen LogP contribution in [0.25, 0.3) is 0 Å². The maximum atomic E-state index is 11.8. The molecule has 0 saturated carbocycles. The summed E-state index contributed by atoms with van der Waals surface area (Å²) in [4.78, 5) is 11.8. The second kappa shape index (κ2) is 6.03. The van der Waals surface area contributed by atoms with E-state index in [0.717, 1.165) is 17.3 Å². The number of hydrogen-bond acceptors (Lipinski definition) is 2. The average molecular weight is 325 g/mol. The molecule has 4 heteroatoms. The Morgan fingerprint density at radius 3 is 2.60 bits per heavy atom. The zero-order chi connectivity index (χ0) is 11.4. The third kappa shape index (κ3) is 3.90. The number of amides is 1. The van der Waals surface area contributed by atoms with Crippen molar-refractivity contribution in [3.8, 4) is 0 Å². The standard InChI is InChI=1S/C11H20INO2/c1-7(2)9(6-12)13-11(14)10-5-4-8(3)15-10/h7-10H,4-6H2,1-3H3,(H,13,14). The first-order valence-electron chi connectivity index (χ1n) is 5.56. The summed E-state index contributed by atoms with van der Waals surface area (Å²) in [6, 6.07) is 0.262. The van der Waals surface area contributed by atoms with E-state index >= 15 is 0 Å². The fraction of sp³-hybridized carbons (Fsp3) is 0.909. The first-order valence-corrected chi connectivity index (χ1v) is 7.09. The van der Waals surface area contributed by atoms with Crippen LogP contribution in [-0.4, -0.2) is 28.6 Å². The fourth-order valence-electron chi connectivity index (χ4n) is 1.65. The normalized spacial score (nSPS) is 28.1. The highest BCUT2D eigenvalue weighted by atomic mass is 127. The molecule has 88 valence electrons. The Balaban J connectivity index is 2.40. The van der Waals surface area contributed by atoms with Crippen LogP contribution >= 0.6 is 22.6 Å². The Labute approximate surface area is 105 Å². The van der Waals surface area contributed by atoms with Gasteiger partial charge in [0.15, 0.2) is 0 Å². The van der Waals surface area contributed by atoms with E-state index in [1.807, 2.05) is 6.92 Å². The van der Waals surface area contributed by atoms with Crippen LogP contribution in [0.5, 0.6) is 0 Å². The largest absolute Gasteiger partial charge is 0.365 e. The van der Waals surface area contributed by atoms with Crippen molar-refractivity contribution in [3.63, 3.8) is 0 Å². The lowest BCUT2D eigenvalue weighted by Crippen LogP contribution is -2.44. The number of hydrogen-bond donors (Lipinski definition) is 1. The lowest BCUT2D eigenvalue weighted by molar-refractivity contribution is -0.132. The predicted octanol–water partition coefficient (Wildman–Crippen LogP) is 2.13. The molecule has 1 aliphatic heterocycles. The molecule has 0 aromatic heterocycles. The van der Waals surface area contributed by atoms with E-state index in [1.165, 1.54) is 0 Å². The lowest BCUT2D eigenvalue weighted by Gasteiger charge is -2.22. The quantitative estimate of drug-likeness (QED) is 0.635. The molecular formula is C11H20INO2. The summed E-state index contributed by atoms with van der Waals surface area (Å²) in [5.74, 6) is 0.541. The summed E-state index contributed by atoms with van der Waals surface area (Å²) in [5.41, 5.74) is 0. The van der Waals surface area contributed by atoms with E-state index in [9.17, 15) is 4.79 Å². The molecule has 1 N–H and O–H groups in total. The molecule has 1 aliphatic rings. The molecule has 0 spiro atoms. The molecule has 15 heavy (non-hydrogen) atoms. The maximum absolute atomic E-state index is 11.8. The number of carbonyl (C=O) groups excluding carboxylic acids is 1. The van der Waals surface area contributed by atoms with E-state index in [-0.39, 0.29) is 24.2 Å². The zero-order valence-corrected chi connectivity index (χ0v) is 11.8. The van der Waals surface area contributed by atoms with Gasteiger partial charge >= 0.3 is 0 Å².